The highest BCUT2D eigenvalue weighted by Gasteiger charge is 2.26. The number of rotatable bonds is 2. The van der Waals surface area contributed by atoms with Gasteiger partial charge < -0.3 is 10.2 Å². The zero-order valence-corrected chi connectivity index (χ0v) is 8.31. The molecular weight excluding hydrogens is 209 g/mol. The summed E-state index contributed by atoms with van der Waals surface area (Å²) < 4.78 is 39.4. The fraction of sp³-hybridized carbons (Fsp3) is 0.400. The zero-order chi connectivity index (χ0) is 11.7. The fourth-order valence-corrected chi connectivity index (χ4v) is 1.29. The van der Waals surface area contributed by atoms with Gasteiger partial charge in [-0.05, 0) is 12.3 Å². The molecule has 0 spiro atoms. The Morgan fingerprint density at radius 1 is 1.00 bits per heavy atom. The average molecular weight is 220 g/mol. The number of aromatic hydroxyl groups is 2. The van der Waals surface area contributed by atoms with Gasteiger partial charge in [-0.15, -0.1) is 0 Å². The summed E-state index contributed by atoms with van der Waals surface area (Å²) in [6.45, 7) is 3.19. The SMILES string of the molecule is CCC(C)c1c(F)c(O)c(F)c(O)c1F. The first-order valence-electron chi connectivity index (χ1n) is 4.50. The summed E-state index contributed by atoms with van der Waals surface area (Å²) >= 11 is 0. The molecule has 0 saturated heterocycles. The Morgan fingerprint density at radius 2 is 1.40 bits per heavy atom. The highest BCUT2D eigenvalue weighted by atomic mass is 19.1. The molecular formula is C10H11F3O2. The van der Waals surface area contributed by atoms with Gasteiger partial charge >= 0.3 is 0 Å². The normalized spacial score (nSPS) is 12.9. The maximum atomic E-state index is 13.3. The number of hydrogen-bond donors (Lipinski definition) is 2. The van der Waals surface area contributed by atoms with Crippen LogP contribution in [0.1, 0.15) is 31.7 Å². The quantitative estimate of drug-likeness (QED) is 0.804. The second-order valence-electron chi connectivity index (χ2n) is 3.36. The van der Waals surface area contributed by atoms with Crippen molar-refractivity contribution in [3.8, 4) is 11.5 Å². The molecule has 84 valence electrons. The zero-order valence-electron chi connectivity index (χ0n) is 8.31. The first-order valence-corrected chi connectivity index (χ1v) is 4.50. The van der Waals surface area contributed by atoms with E-state index in [9.17, 15) is 13.2 Å². The van der Waals surface area contributed by atoms with Crippen molar-refractivity contribution in [1.29, 1.82) is 0 Å². The van der Waals surface area contributed by atoms with Gasteiger partial charge in [-0.2, -0.15) is 4.39 Å². The smallest absolute Gasteiger partial charge is 0.212 e. The van der Waals surface area contributed by atoms with Gasteiger partial charge in [-0.3, -0.25) is 0 Å². The first-order chi connectivity index (χ1) is 6.91. The van der Waals surface area contributed by atoms with Crippen LogP contribution in [0, 0.1) is 17.5 Å². The van der Waals surface area contributed by atoms with Gasteiger partial charge in [0.25, 0.3) is 0 Å². The third-order valence-electron chi connectivity index (χ3n) is 2.41. The van der Waals surface area contributed by atoms with E-state index in [1.807, 2.05) is 0 Å². The molecule has 1 aromatic carbocycles. The maximum Gasteiger partial charge on any atom is 0.212 e. The van der Waals surface area contributed by atoms with Crippen molar-refractivity contribution in [3.05, 3.63) is 23.0 Å². The van der Waals surface area contributed by atoms with E-state index in [1.165, 1.54) is 6.92 Å². The molecule has 0 amide bonds. The number of phenolic OH excluding ortho intramolecular Hbond substituents is 2. The Bertz CT molecular complexity index is 362. The summed E-state index contributed by atoms with van der Waals surface area (Å²) in [5, 5.41) is 17.9. The molecule has 15 heavy (non-hydrogen) atoms. The molecule has 0 radical (unpaired) electrons. The lowest BCUT2D eigenvalue weighted by atomic mass is 9.96. The molecule has 0 aliphatic rings. The van der Waals surface area contributed by atoms with Gasteiger partial charge in [0.15, 0.2) is 23.1 Å². The Hall–Kier alpha value is -1.39. The van der Waals surface area contributed by atoms with Crippen molar-refractivity contribution in [3.63, 3.8) is 0 Å². The minimum absolute atomic E-state index is 0.401. The molecule has 2 nitrogen and oxygen atoms in total. The van der Waals surface area contributed by atoms with Crippen molar-refractivity contribution in [1.82, 2.24) is 0 Å². The maximum absolute atomic E-state index is 13.3. The van der Waals surface area contributed by atoms with Crippen molar-refractivity contribution >= 4 is 0 Å². The minimum Gasteiger partial charge on any atom is -0.503 e. The van der Waals surface area contributed by atoms with Crippen molar-refractivity contribution in [2.75, 3.05) is 0 Å². The number of phenols is 2. The summed E-state index contributed by atoms with van der Waals surface area (Å²) in [6.07, 6.45) is 0.401. The predicted octanol–water partition coefficient (Wildman–Crippen LogP) is 3.03. The number of hydrogen-bond acceptors (Lipinski definition) is 2. The van der Waals surface area contributed by atoms with E-state index in [-0.39, 0.29) is 0 Å². The molecule has 0 heterocycles. The van der Waals surface area contributed by atoms with Crippen LogP contribution in [0.25, 0.3) is 0 Å². The summed E-state index contributed by atoms with van der Waals surface area (Å²) in [4.78, 5) is 0. The van der Waals surface area contributed by atoms with E-state index in [1.54, 1.807) is 6.92 Å². The van der Waals surface area contributed by atoms with Crippen LogP contribution >= 0.6 is 0 Å². The van der Waals surface area contributed by atoms with Gasteiger partial charge in [0, 0.05) is 5.56 Å². The molecule has 1 atom stereocenters. The minimum atomic E-state index is -1.67. The van der Waals surface area contributed by atoms with Gasteiger partial charge in [0.2, 0.25) is 5.82 Å². The van der Waals surface area contributed by atoms with E-state index >= 15 is 0 Å². The van der Waals surface area contributed by atoms with Crippen LogP contribution in [0.3, 0.4) is 0 Å². The third-order valence-corrected chi connectivity index (χ3v) is 2.41. The molecule has 1 rings (SSSR count). The highest BCUT2D eigenvalue weighted by Crippen LogP contribution is 2.38. The summed E-state index contributed by atoms with van der Waals surface area (Å²) in [5.74, 6) is -7.61. The van der Waals surface area contributed by atoms with Crippen molar-refractivity contribution in [2.45, 2.75) is 26.2 Å². The summed E-state index contributed by atoms with van der Waals surface area (Å²) in [5.41, 5.74) is -0.492. The van der Waals surface area contributed by atoms with E-state index in [4.69, 9.17) is 10.2 Å². The summed E-state index contributed by atoms with van der Waals surface area (Å²) in [6, 6.07) is 0. The molecule has 5 heteroatoms. The summed E-state index contributed by atoms with van der Waals surface area (Å²) in [7, 11) is 0. The van der Waals surface area contributed by atoms with Crippen LogP contribution in [0.5, 0.6) is 11.5 Å². The Labute approximate surface area is 85.0 Å². The van der Waals surface area contributed by atoms with Gasteiger partial charge in [0.1, 0.15) is 0 Å². The predicted molar refractivity (Wildman–Crippen MR) is 48.4 cm³/mol. The monoisotopic (exact) mass is 220 g/mol. The van der Waals surface area contributed by atoms with Crippen LogP contribution < -0.4 is 0 Å². The van der Waals surface area contributed by atoms with E-state index in [0.29, 0.717) is 6.42 Å². The molecule has 0 saturated carbocycles. The molecule has 2 N–H and O–H groups in total. The molecule has 0 aliphatic carbocycles. The third kappa shape index (κ3) is 1.73. The average Bonchev–Trinajstić information content (AvgIpc) is 2.23. The van der Waals surface area contributed by atoms with Gasteiger partial charge in [-0.1, -0.05) is 13.8 Å². The van der Waals surface area contributed by atoms with Crippen LogP contribution in [0.2, 0.25) is 0 Å². The van der Waals surface area contributed by atoms with E-state index in [0.717, 1.165) is 0 Å². The number of halogens is 3. The Balaban J connectivity index is 3.52. The molecule has 1 unspecified atom stereocenters. The molecule has 0 aliphatic heterocycles. The second-order valence-corrected chi connectivity index (χ2v) is 3.36. The second kappa shape index (κ2) is 4.00. The lowest BCUT2D eigenvalue weighted by Crippen LogP contribution is -2.03. The van der Waals surface area contributed by atoms with Crippen LogP contribution in [0.15, 0.2) is 0 Å². The first kappa shape index (κ1) is 11.7. The lowest BCUT2D eigenvalue weighted by molar-refractivity contribution is 0.338. The highest BCUT2D eigenvalue weighted by molar-refractivity contribution is 5.43. The van der Waals surface area contributed by atoms with Crippen molar-refractivity contribution < 1.29 is 23.4 Å². The lowest BCUT2D eigenvalue weighted by Gasteiger charge is -2.14. The Kier molecular flexibility index (Phi) is 3.12. The van der Waals surface area contributed by atoms with Gasteiger partial charge in [-0.25, -0.2) is 8.78 Å². The van der Waals surface area contributed by atoms with Crippen LogP contribution in [-0.4, -0.2) is 10.2 Å². The van der Waals surface area contributed by atoms with E-state index in [2.05, 4.69) is 0 Å². The van der Waals surface area contributed by atoms with Crippen molar-refractivity contribution in [2.24, 2.45) is 0 Å². The standard InChI is InChI=1S/C10H11F3O2/c1-3-4(2)5-6(11)9(14)8(13)10(15)7(5)12/h4,14-15H,3H2,1-2H3. The van der Waals surface area contributed by atoms with Crippen LogP contribution in [-0.2, 0) is 0 Å². The van der Waals surface area contributed by atoms with E-state index < -0.39 is 40.4 Å². The molecule has 0 fully saturated rings. The Morgan fingerprint density at radius 3 is 1.73 bits per heavy atom. The topological polar surface area (TPSA) is 40.5 Å². The largest absolute Gasteiger partial charge is 0.503 e. The van der Waals surface area contributed by atoms with Crippen LogP contribution in [0.4, 0.5) is 13.2 Å². The molecule has 0 aromatic heterocycles. The fourth-order valence-electron chi connectivity index (χ4n) is 1.29. The molecule has 1 aromatic rings. The van der Waals surface area contributed by atoms with Gasteiger partial charge in [0.05, 0.1) is 0 Å². The number of benzene rings is 1. The molecule has 0 bridgehead atoms.